The highest BCUT2D eigenvalue weighted by atomic mass is 32.2. The molecule has 1 unspecified atom stereocenters. The lowest BCUT2D eigenvalue weighted by atomic mass is 10.2. The number of fused-ring (bicyclic) bond motifs is 1. The third-order valence-electron chi connectivity index (χ3n) is 2.46. The van der Waals surface area contributed by atoms with E-state index >= 15 is 0 Å². The summed E-state index contributed by atoms with van der Waals surface area (Å²) in [6, 6.07) is 5.37. The van der Waals surface area contributed by atoms with Crippen LogP contribution in [0.4, 0.5) is 5.69 Å². The van der Waals surface area contributed by atoms with E-state index < -0.39 is 0 Å². The molecule has 0 bridgehead atoms. The van der Waals surface area contributed by atoms with Crippen LogP contribution in [0.25, 0.3) is 0 Å². The molecule has 0 saturated carbocycles. The smallest absolute Gasteiger partial charge is 0.239 e. The summed E-state index contributed by atoms with van der Waals surface area (Å²) >= 11 is 1.50. The van der Waals surface area contributed by atoms with Crippen LogP contribution in [-0.4, -0.2) is 24.5 Å². The molecule has 78 valence electrons. The molecule has 4 heteroatoms. The summed E-state index contributed by atoms with van der Waals surface area (Å²) in [5.74, 6) is 0.103. The van der Waals surface area contributed by atoms with Crippen molar-refractivity contribution in [3.8, 4) is 0 Å². The highest BCUT2D eigenvalue weighted by Gasteiger charge is 2.27. The van der Waals surface area contributed by atoms with Crippen LogP contribution in [0.1, 0.15) is 17.3 Å². The average Bonchev–Trinajstić information content (AvgIpc) is 2.25. The van der Waals surface area contributed by atoms with E-state index in [4.69, 9.17) is 0 Å². The molecule has 3 nitrogen and oxygen atoms in total. The minimum atomic E-state index is -0.0793. The number of hydrogen-bond acceptors (Lipinski definition) is 3. The standard InChI is InChI=1S/C11H11NO2S/c1-7-11(14)12(2)9-4-3-8(6-13)5-10(9)15-7/h3-7H,1-2H3. The molecule has 1 aromatic carbocycles. The molecular formula is C11H11NO2S. The first-order valence-corrected chi connectivity index (χ1v) is 5.55. The van der Waals surface area contributed by atoms with Crippen molar-refractivity contribution in [3.63, 3.8) is 0 Å². The van der Waals surface area contributed by atoms with Crippen LogP contribution in [0, 0.1) is 0 Å². The summed E-state index contributed by atoms with van der Waals surface area (Å²) in [5, 5.41) is -0.0793. The van der Waals surface area contributed by atoms with Crippen molar-refractivity contribution < 1.29 is 9.59 Å². The molecule has 0 aliphatic carbocycles. The Morgan fingerprint density at radius 1 is 1.47 bits per heavy atom. The Balaban J connectivity index is 2.50. The molecule has 1 atom stereocenters. The minimum Gasteiger partial charge on any atom is -0.313 e. The fourth-order valence-electron chi connectivity index (χ4n) is 1.61. The van der Waals surface area contributed by atoms with Gasteiger partial charge in [-0.25, -0.2) is 0 Å². The summed E-state index contributed by atoms with van der Waals surface area (Å²) in [4.78, 5) is 24.9. The van der Waals surface area contributed by atoms with Crippen LogP contribution in [0.5, 0.6) is 0 Å². The number of carbonyl (C=O) groups excluding carboxylic acids is 2. The van der Waals surface area contributed by atoms with Crippen LogP contribution in [0.3, 0.4) is 0 Å². The van der Waals surface area contributed by atoms with Gasteiger partial charge in [0.25, 0.3) is 0 Å². The van der Waals surface area contributed by atoms with E-state index in [-0.39, 0.29) is 11.2 Å². The van der Waals surface area contributed by atoms with Crippen LogP contribution in [0.15, 0.2) is 23.1 Å². The van der Waals surface area contributed by atoms with Gasteiger partial charge in [-0.15, -0.1) is 11.8 Å². The maximum atomic E-state index is 11.7. The topological polar surface area (TPSA) is 37.4 Å². The number of benzene rings is 1. The maximum Gasteiger partial charge on any atom is 0.239 e. The normalized spacial score (nSPS) is 20.0. The molecule has 2 rings (SSSR count). The van der Waals surface area contributed by atoms with Gasteiger partial charge in [0.1, 0.15) is 6.29 Å². The van der Waals surface area contributed by atoms with E-state index in [9.17, 15) is 9.59 Å². The first kappa shape index (κ1) is 10.2. The third kappa shape index (κ3) is 1.65. The van der Waals surface area contributed by atoms with E-state index in [1.165, 1.54) is 11.8 Å². The molecule has 15 heavy (non-hydrogen) atoms. The van der Waals surface area contributed by atoms with Gasteiger partial charge in [0.2, 0.25) is 5.91 Å². The molecule has 0 spiro atoms. The van der Waals surface area contributed by atoms with Gasteiger partial charge in [-0.05, 0) is 25.1 Å². The van der Waals surface area contributed by atoms with E-state index in [1.54, 1.807) is 18.0 Å². The summed E-state index contributed by atoms with van der Waals surface area (Å²) in [6.07, 6.45) is 0.821. The largest absolute Gasteiger partial charge is 0.313 e. The number of amides is 1. The molecular weight excluding hydrogens is 210 g/mol. The Morgan fingerprint density at radius 2 is 2.20 bits per heavy atom. The predicted molar refractivity (Wildman–Crippen MR) is 60.6 cm³/mol. The van der Waals surface area contributed by atoms with Gasteiger partial charge in [0.15, 0.2) is 0 Å². The van der Waals surface area contributed by atoms with Crippen LogP contribution in [-0.2, 0) is 4.79 Å². The number of thioether (sulfide) groups is 1. The Hall–Kier alpha value is -1.29. The van der Waals surface area contributed by atoms with Crippen LogP contribution < -0.4 is 4.90 Å². The van der Waals surface area contributed by atoms with E-state index in [0.717, 1.165) is 16.9 Å². The molecule has 1 heterocycles. The Bertz CT molecular complexity index is 431. The van der Waals surface area contributed by atoms with Crippen molar-refractivity contribution in [2.75, 3.05) is 11.9 Å². The Morgan fingerprint density at radius 3 is 2.87 bits per heavy atom. The maximum absolute atomic E-state index is 11.7. The molecule has 0 radical (unpaired) electrons. The van der Waals surface area contributed by atoms with Crippen molar-refractivity contribution in [1.82, 2.24) is 0 Å². The zero-order chi connectivity index (χ0) is 11.0. The van der Waals surface area contributed by atoms with Crippen molar-refractivity contribution in [2.45, 2.75) is 17.1 Å². The second kappa shape index (κ2) is 3.70. The highest BCUT2D eigenvalue weighted by Crippen LogP contribution is 2.38. The van der Waals surface area contributed by atoms with E-state index in [0.29, 0.717) is 5.56 Å². The van der Waals surface area contributed by atoms with Crippen molar-refractivity contribution in [2.24, 2.45) is 0 Å². The number of aldehydes is 1. The van der Waals surface area contributed by atoms with Crippen molar-refractivity contribution in [3.05, 3.63) is 23.8 Å². The van der Waals surface area contributed by atoms with Gasteiger partial charge >= 0.3 is 0 Å². The van der Waals surface area contributed by atoms with Gasteiger partial charge in [-0.1, -0.05) is 0 Å². The van der Waals surface area contributed by atoms with Gasteiger partial charge < -0.3 is 4.90 Å². The zero-order valence-electron chi connectivity index (χ0n) is 8.56. The fraction of sp³-hybridized carbons (Fsp3) is 0.273. The first-order valence-electron chi connectivity index (χ1n) is 4.67. The zero-order valence-corrected chi connectivity index (χ0v) is 9.38. The minimum absolute atomic E-state index is 0.0793. The van der Waals surface area contributed by atoms with Gasteiger partial charge in [0, 0.05) is 17.5 Å². The van der Waals surface area contributed by atoms with Gasteiger partial charge in [0.05, 0.1) is 10.9 Å². The summed E-state index contributed by atoms with van der Waals surface area (Å²) in [5.41, 5.74) is 1.53. The molecule has 1 amide bonds. The molecule has 1 aromatic rings. The quantitative estimate of drug-likeness (QED) is 0.680. The average molecular weight is 221 g/mol. The number of rotatable bonds is 1. The Labute approximate surface area is 92.5 Å². The van der Waals surface area contributed by atoms with Crippen molar-refractivity contribution in [1.29, 1.82) is 0 Å². The van der Waals surface area contributed by atoms with Gasteiger partial charge in [-0.3, -0.25) is 9.59 Å². The Kier molecular flexibility index (Phi) is 2.52. The third-order valence-corrected chi connectivity index (χ3v) is 3.60. The summed E-state index contributed by atoms with van der Waals surface area (Å²) < 4.78 is 0. The second-order valence-corrected chi connectivity index (χ2v) is 4.88. The lowest BCUT2D eigenvalue weighted by molar-refractivity contribution is -0.117. The first-order chi connectivity index (χ1) is 7.13. The van der Waals surface area contributed by atoms with E-state index in [2.05, 4.69) is 0 Å². The fourth-order valence-corrected chi connectivity index (χ4v) is 2.78. The highest BCUT2D eigenvalue weighted by molar-refractivity contribution is 8.01. The SMILES string of the molecule is CC1Sc2cc(C=O)ccc2N(C)C1=O. The second-order valence-electron chi connectivity index (χ2n) is 3.50. The molecule has 0 fully saturated rings. The van der Waals surface area contributed by atoms with Gasteiger partial charge in [-0.2, -0.15) is 0 Å². The number of nitrogens with zero attached hydrogens (tertiary/aromatic N) is 1. The number of carbonyl (C=O) groups is 2. The lowest BCUT2D eigenvalue weighted by Gasteiger charge is -2.29. The summed E-state index contributed by atoms with van der Waals surface area (Å²) in [7, 11) is 1.76. The molecule has 0 saturated heterocycles. The monoisotopic (exact) mass is 221 g/mol. The lowest BCUT2D eigenvalue weighted by Crippen LogP contribution is -2.36. The number of anilines is 1. The summed E-state index contributed by atoms with van der Waals surface area (Å²) in [6.45, 7) is 1.88. The molecule has 1 aliphatic rings. The molecule has 1 aliphatic heterocycles. The van der Waals surface area contributed by atoms with Crippen molar-refractivity contribution >= 4 is 29.6 Å². The predicted octanol–water partition coefficient (Wildman–Crippen LogP) is 1.96. The molecule has 0 N–H and O–H groups in total. The number of hydrogen-bond donors (Lipinski definition) is 0. The van der Waals surface area contributed by atoms with E-state index in [1.807, 2.05) is 19.1 Å². The molecule has 0 aromatic heterocycles. The van der Waals surface area contributed by atoms with Crippen LogP contribution in [0.2, 0.25) is 0 Å². The van der Waals surface area contributed by atoms with Crippen LogP contribution >= 0.6 is 11.8 Å².